The van der Waals surface area contributed by atoms with Gasteiger partial charge in [0.2, 0.25) is 0 Å². The van der Waals surface area contributed by atoms with Crippen molar-refractivity contribution in [3.05, 3.63) is 11.1 Å². The van der Waals surface area contributed by atoms with Gasteiger partial charge < -0.3 is 5.11 Å². The molecular formula is C6H7N3O2S2. The van der Waals surface area contributed by atoms with Crippen molar-refractivity contribution in [2.75, 3.05) is 5.75 Å². The normalized spacial score (nSPS) is 27.7. The second-order valence-corrected chi connectivity index (χ2v) is 4.35. The quantitative estimate of drug-likeness (QED) is 0.743. The number of aromatic nitrogens is 2. The fourth-order valence-corrected chi connectivity index (χ4v) is 2.81. The summed E-state index contributed by atoms with van der Waals surface area (Å²) in [7, 11) is 0. The molecule has 0 saturated carbocycles. The Morgan fingerprint density at radius 1 is 1.77 bits per heavy atom. The molecule has 1 aromatic heterocycles. The lowest BCUT2D eigenvalue weighted by Crippen LogP contribution is -2.33. The lowest BCUT2D eigenvalue weighted by Gasteiger charge is -2.06. The molecule has 2 N–H and O–H groups in total. The van der Waals surface area contributed by atoms with Gasteiger partial charge in [0.25, 0.3) is 0 Å². The van der Waals surface area contributed by atoms with E-state index in [9.17, 15) is 4.79 Å². The first kappa shape index (κ1) is 8.92. The van der Waals surface area contributed by atoms with E-state index >= 15 is 0 Å². The van der Waals surface area contributed by atoms with E-state index in [2.05, 4.69) is 14.9 Å². The zero-order chi connectivity index (χ0) is 9.26. The van der Waals surface area contributed by atoms with Crippen molar-refractivity contribution in [1.82, 2.24) is 14.9 Å². The second kappa shape index (κ2) is 3.60. The molecule has 0 aromatic carbocycles. The highest BCUT2D eigenvalue weighted by molar-refractivity contribution is 7.99. The average molecular weight is 217 g/mol. The highest BCUT2D eigenvalue weighted by Gasteiger charge is 2.31. The van der Waals surface area contributed by atoms with E-state index in [-0.39, 0.29) is 5.37 Å². The molecule has 1 aromatic rings. The van der Waals surface area contributed by atoms with Crippen molar-refractivity contribution >= 4 is 29.3 Å². The molecule has 0 aliphatic carbocycles. The van der Waals surface area contributed by atoms with E-state index in [1.165, 1.54) is 11.5 Å². The Morgan fingerprint density at radius 3 is 3.15 bits per heavy atom. The number of rotatable bonds is 2. The van der Waals surface area contributed by atoms with Gasteiger partial charge in [-0.05, 0) is 11.5 Å². The lowest BCUT2D eigenvalue weighted by atomic mass is 10.3. The molecule has 2 rings (SSSR count). The van der Waals surface area contributed by atoms with Gasteiger partial charge in [0.1, 0.15) is 11.7 Å². The Hall–Kier alpha value is -0.660. The van der Waals surface area contributed by atoms with Gasteiger partial charge in [-0.15, -0.1) is 16.9 Å². The molecule has 1 aliphatic heterocycles. The van der Waals surface area contributed by atoms with Gasteiger partial charge in [-0.25, -0.2) is 0 Å². The summed E-state index contributed by atoms with van der Waals surface area (Å²) >= 11 is 2.82. The van der Waals surface area contributed by atoms with Crippen LogP contribution in [0, 0.1) is 0 Å². The number of carbonyl (C=O) groups is 1. The Kier molecular flexibility index (Phi) is 2.47. The summed E-state index contributed by atoms with van der Waals surface area (Å²) in [5.74, 6) is -0.226. The first-order valence-electron chi connectivity index (χ1n) is 3.65. The molecule has 7 heteroatoms. The molecule has 70 valence electrons. The largest absolute Gasteiger partial charge is 0.480 e. The lowest BCUT2D eigenvalue weighted by molar-refractivity contribution is -0.138. The summed E-state index contributed by atoms with van der Waals surface area (Å²) in [5, 5.41) is 17.4. The highest BCUT2D eigenvalue weighted by atomic mass is 32.2. The van der Waals surface area contributed by atoms with E-state index in [0.29, 0.717) is 5.75 Å². The first-order chi connectivity index (χ1) is 6.27. The second-order valence-electron chi connectivity index (χ2n) is 2.60. The van der Waals surface area contributed by atoms with Gasteiger partial charge in [-0.2, -0.15) is 0 Å². The topological polar surface area (TPSA) is 75.1 Å². The molecule has 5 nitrogen and oxygen atoms in total. The number of carboxylic acid groups (broad SMARTS) is 1. The average Bonchev–Trinajstić information content (AvgIpc) is 2.75. The SMILES string of the molecule is O=C(O)[C@@H]1CSC(c2csnn2)N1. The number of carboxylic acids is 1. The smallest absolute Gasteiger partial charge is 0.321 e. The van der Waals surface area contributed by atoms with Crippen LogP contribution in [0.2, 0.25) is 0 Å². The standard InChI is InChI=1S/C6H7N3O2S2/c10-6(11)4-1-12-5(7-4)3-2-13-9-8-3/h2,4-5,7H,1H2,(H,10,11)/t4-,5?/m0/s1. The van der Waals surface area contributed by atoms with Crippen LogP contribution >= 0.6 is 23.3 Å². The maximum atomic E-state index is 10.6. The number of thioether (sulfide) groups is 1. The molecule has 1 aliphatic rings. The molecule has 2 heterocycles. The predicted octanol–water partition coefficient (Wildman–Crippen LogP) is 0.326. The monoisotopic (exact) mass is 217 g/mol. The number of hydrogen-bond donors (Lipinski definition) is 2. The van der Waals surface area contributed by atoms with Crippen LogP contribution in [-0.2, 0) is 4.79 Å². The van der Waals surface area contributed by atoms with Gasteiger partial charge in [-0.1, -0.05) is 4.49 Å². The van der Waals surface area contributed by atoms with Crippen LogP contribution in [-0.4, -0.2) is 32.5 Å². The number of nitrogens with zero attached hydrogens (tertiary/aromatic N) is 2. The highest BCUT2D eigenvalue weighted by Crippen LogP contribution is 2.31. The molecular weight excluding hydrogens is 210 g/mol. The molecule has 0 amide bonds. The van der Waals surface area contributed by atoms with Crippen molar-refractivity contribution in [3.8, 4) is 0 Å². The fourth-order valence-electron chi connectivity index (χ4n) is 1.07. The van der Waals surface area contributed by atoms with Gasteiger partial charge in [-0.3, -0.25) is 10.1 Å². The Morgan fingerprint density at radius 2 is 2.62 bits per heavy atom. The van der Waals surface area contributed by atoms with Crippen LogP contribution in [0.25, 0.3) is 0 Å². The predicted molar refractivity (Wildman–Crippen MR) is 49.7 cm³/mol. The molecule has 1 saturated heterocycles. The summed E-state index contributed by atoms with van der Waals surface area (Å²) in [4.78, 5) is 10.6. The molecule has 0 bridgehead atoms. The van der Waals surface area contributed by atoms with Crippen molar-refractivity contribution in [3.63, 3.8) is 0 Å². The van der Waals surface area contributed by atoms with Crippen molar-refractivity contribution in [2.45, 2.75) is 11.4 Å². The summed E-state index contributed by atoms with van der Waals surface area (Å²) in [5.41, 5.74) is 0.818. The summed E-state index contributed by atoms with van der Waals surface area (Å²) < 4.78 is 3.73. The van der Waals surface area contributed by atoms with Gasteiger partial charge in [0.05, 0.1) is 5.37 Å². The van der Waals surface area contributed by atoms with Crippen LogP contribution in [0.4, 0.5) is 0 Å². The van der Waals surface area contributed by atoms with Gasteiger partial charge in [0, 0.05) is 11.1 Å². The van der Waals surface area contributed by atoms with Crippen LogP contribution in [0.3, 0.4) is 0 Å². The minimum atomic E-state index is -0.807. The Bertz CT molecular complexity index is 303. The molecule has 0 radical (unpaired) electrons. The number of aliphatic carboxylic acids is 1. The molecule has 1 unspecified atom stereocenters. The summed E-state index contributed by atoms with van der Waals surface area (Å²) in [6, 6.07) is -0.461. The molecule has 0 spiro atoms. The van der Waals surface area contributed by atoms with Crippen molar-refractivity contribution < 1.29 is 9.90 Å². The van der Waals surface area contributed by atoms with Crippen molar-refractivity contribution in [2.24, 2.45) is 0 Å². The molecule has 1 fully saturated rings. The van der Waals surface area contributed by atoms with Crippen LogP contribution in [0.1, 0.15) is 11.1 Å². The third kappa shape index (κ3) is 1.82. The van der Waals surface area contributed by atoms with Gasteiger partial charge >= 0.3 is 5.97 Å². The summed E-state index contributed by atoms with van der Waals surface area (Å²) in [6.07, 6.45) is 0. The van der Waals surface area contributed by atoms with E-state index < -0.39 is 12.0 Å². The Labute approximate surface area is 82.7 Å². The van der Waals surface area contributed by atoms with Crippen molar-refractivity contribution in [1.29, 1.82) is 0 Å². The number of nitrogens with one attached hydrogen (secondary N) is 1. The third-order valence-electron chi connectivity index (χ3n) is 1.73. The van der Waals surface area contributed by atoms with Crippen LogP contribution in [0.15, 0.2) is 5.38 Å². The van der Waals surface area contributed by atoms with E-state index in [1.807, 2.05) is 5.38 Å². The zero-order valence-electron chi connectivity index (χ0n) is 6.51. The minimum Gasteiger partial charge on any atom is -0.480 e. The maximum Gasteiger partial charge on any atom is 0.321 e. The molecule has 2 atom stereocenters. The first-order valence-corrected chi connectivity index (χ1v) is 5.53. The molecule has 13 heavy (non-hydrogen) atoms. The minimum absolute atomic E-state index is 0.0140. The van der Waals surface area contributed by atoms with Gasteiger partial charge in [0.15, 0.2) is 0 Å². The van der Waals surface area contributed by atoms with E-state index in [1.54, 1.807) is 11.8 Å². The Balaban J connectivity index is 2.03. The van der Waals surface area contributed by atoms with Crippen LogP contribution in [0.5, 0.6) is 0 Å². The summed E-state index contributed by atoms with van der Waals surface area (Å²) in [6.45, 7) is 0. The van der Waals surface area contributed by atoms with E-state index in [4.69, 9.17) is 5.11 Å². The fraction of sp³-hybridized carbons (Fsp3) is 0.500. The maximum absolute atomic E-state index is 10.6. The van der Waals surface area contributed by atoms with E-state index in [0.717, 1.165) is 5.69 Å². The van der Waals surface area contributed by atoms with Crippen LogP contribution < -0.4 is 5.32 Å². The zero-order valence-corrected chi connectivity index (χ0v) is 8.14. The number of hydrogen-bond acceptors (Lipinski definition) is 6. The third-order valence-corrected chi connectivity index (χ3v) is 3.49.